The number of nitrogens with zero attached hydrogens (tertiary/aromatic N) is 6. The molecule has 2 heterocycles. The summed E-state index contributed by atoms with van der Waals surface area (Å²) in [7, 11) is 0. The van der Waals surface area contributed by atoms with E-state index in [4.69, 9.17) is 5.53 Å². The lowest BCUT2D eigenvalue weighted by Gasteiger charge is -2.21. The summed E-state index contributed by atoms with van der Waals surface area (Å²) < 4.78 is 39.9. The monoisotopic (exact) mass is 362 g/mol. The first-order chi connectivity index (χ1) is 12.2. The molecule has 0 aliphatic carbocycles. The third kappa shape index (κ3) is 3.32. The van der Waals surface area contributed by atoms with Crippen molar-refractivity contribution in [2.75, 3.05) is 6.54 Å². The molecule has 7 nitrogen and oxygen atoms in total. The Morgan fingerprint density at radius 3 is 2.58 bits per heavy atom. The van der Waals surface area contributed by atoms with Crippen molar-refractivity contribution in [2.24, 2.45) is 5.11 Å². The van der Waals surface area contributed by atoms with Crippen LogP contribution in [-0.4, -0.2) is 26.0 Å². The Morgan fingerprint density at radius 1 is 1.27 bits per heavy atom. The molecule has 3 rings (SSSR count). The number of imidazole rings is 1. The highest BCUT2D eigenvalue weighted by molar-refractivity contribution is 5.74. The van der Waals surface area contributed by atoms with Gasteiger partial charge in [-0.2, -0.15) is 13.2 Å². The zero-order valence-electron chi connectivity index (χ0n) is 13.5. The van der Waals surface area contributed by atoms with Crippen molar-refractivity contribution >= 4 is 5.65 Å². The molecule has 134 valence electrons. The molecule has 0 amide bonds. The third-order valence-corrected chi connectivity index (χ3v) is 3.85. The normalized spacial score (nSPS) is 14.0. The van der Waals surface area contributed by atoms with E-state index in [-0.39, 0.29) is 12.2 Å². The molecular formula is C16H13F3N6O. The number of hydrogen-bond donors (Lipinski definition) is 1. The Balaban J connectivity index is 2.13. The first kappa shape index (κ1) is 17.7. The molecule has 0 aliphatic rings. The van der Waals surface area contributed by atoms with Crippen LogP contribution in [0.3, 0.4) is 0 Å². The van der Waals surface area contributed by atoms with Gasteiger partial charge in [-0.15, -0.1) is 0 Å². The van der Waals surface area contributed by atoms with Gasteiger partial charge in [0, 0.05) is 29.1 Å². The second kappa shape index (κ2) is 6.32. The van der Waals surface area contributed by atoms with E-state index in [1.54, 1.807) is 10.6 Å². The summed E-state index contributed by atoms with van der Waals surface area (Å²) in [6.45, 7) is 1.19. The number of rotatable bonds is 4. The van der Waals surface area contributed by atoms with Crippen molar-refractivity contribution in [3.8, 4) is 11.3 Å². The zero-order chi connectivity index (χ0) is 18.9. The van der Waals surface area contributed by atoms with Crippen molar-refractivity contribution in [1.29, 1.82) is 0 Å². The second-order valence-corrected chi connectivity index (χ2v) is 5.87. The molecule has 1 aromatic carbocycles. The Kier molecular flexibility index (Phi) is 4.31. The van der Waals surface area contributed by atoms with Gasteiger partial charge in [0.2, 0.25) is 0 Å². The summed E-state index contributed by atoms with van der Waals surface area (Å²) in [5.74, 6) is 0. The number of aliphatic hydroxyl groups is 1. The van der Waals surface area contributed by atoms with Crippen LogP contribution in [0.25, 0.3) is 27.3 Å². The predicted molar refractivity (Wildman–Crippen MR) is 87.0 cm³/mol. The molecular weight excluding hydrogens is 349 g/mol. The molecule has 10 heteroatoms. The quantitative estimate of drug-likeness (QED) is 0.432. The van der Waals surface area contributed by atoms with Gasteiger partial charge in [-0.25, -0.2) is 9.97 Å². The summed E-state index contributed by atoms with van der Waals surface area (Å²) >= 11 is 0. The maximum Gasteiger partial charge on any atom is 0.416 e. The van der Waals surface area contributed by atoms with Crippen LogP contribution < -0.4 is 0 Å². The summed E-state index contributed by atoms with van der Waals surface area (Å²) in [5.41, 5.74) is 7.48. The van der Waals surface area contributed by atoms with E-state index in [0.717, 1.165) is 12.1 Å². The second-order valence-electron chi connectivity index (χ2n) is 5.87. The van der Waals surface area contributed by atoms with Crippen LogP contribution in [0, 0.1) is 0 Å². The average Bonchev–Trinajstić information content (AvgIpc) is 3.07. The highest BCUT2D eigenvalue weighted by Crippen LogP contribution is 2.32. The number of hydrogen-bond acceptors (Lipinski definition) is 4. The summed E-state index contributed by atoms with van der Waals surface area (Å²) in [5, 5.41) is 13.9. The van der Waals surface area contributed by atoms with E-state index in [1.807, 2.05) is 0 Å². The van der Waals surface area contributed by atoms with Crippen molar-refractivity contribution in [1.82, 2.24) is 14.4 Å². The molecule has 1 atom stereocenters. The van der Waals surface area contributed by atoms with Crippen LogP contribution in [0.15, 0.2) is 48.0 Å². The van der Waals surface area contributed by atoms with E-state index in [0.29, 0.717) is 16.9 Å². The Labute approximate surface area is 145 Å². The number of alkyl halides is 3. The van der Waals surface area contributed by atoms with Crippen LogP contribution >= 0.6 is 0 Å². The molecule has 0 radical (unpaired) electrons. The van der Waals surface area contributed by atoms with Gasteiger partial charge in [-0.3, -0.25) is 0 Å². The molecule has 0 spiro atoms. The predicted octanol–water partition coefficient (Wildman–Crippen LogP) is 3.93. The maximum absolute atomic E-state index is 12.8. The van der Waals surface area contributed by atoms with Gasteiger partial charge >= 0.3 is 6.18 Å². The first-order valence-corrected chi connectivity index (χ1v) is 7.47. The summed E-state index contributed by atoms with van der Waals surface area (Å²) in [4.78, 5) is 11.2. The third-order valence-electron chi connectivity index (χ3n) is 3.85. The van der Waals surface area contributed by atoms with E-state index in [9.17, 15) is 18.3 Å². The van der Waals surface area contributed by atoms with Gasteiger partial charge in [-0.05, 0) is 24.6 Å². The Morgan fingerprint density at radius 2 is 1.96 bits per heavy atom. The van der Waals surface area contributed by atoms with Gasteiger partial charge in [0.1, 0.15) is 11.3 Å². The first-order valence-electron chi connectivity index (χ1n) is 7.47. The molecule has 0 saturated carbocycles. The lowest BCUT2D eigenvalue weighted by atomic mass is 10.0. The minimum atomic E-state index is -4.44. The van der Waals surface area contributed by atoms with Crippen LogP contribution in [0.5, 0.6) is 0 Å². The molecule has 0 fully saturated rings. The Bertz CT molecular complexity index is 987. The summed E-state index contributed by atoms with van der Waals surface area (Å²) in [6, 6.07) is 4.51. The van der Waals surface area contributed by atoms with Crippen LogP contribution in [0.4, 0.5) is 13.2 Å². The topological polar surface area (TPSA) is 99.2 Å². The maximum atomic E-state index is 12.8. The number of aromatic nitrogens is 3. The van der Waals surface area contributed by atoms with Crippen LogP contribution in [0.2, 0.25) is 0 Å². The lowest BCUT2D eigenvalue weighted by Crippen LogP contribution is -2.27. The minimum absolute atomic E-state index is 0.199. The molecule has 0 unspecified atom stereocenters. The van der Waals surface area contributed by atoms with Gasteiger partial charge in [0.25, 0.3) is 0 Å². The molecule has 0 aliphatic heterocycles. The lowest BCUT2D eigenvalue weighted by molar-refractivity contribution is -0.137. The standard InChI is InChI=1S/C16H13F3N6O/c1-15(26,9-22-24-20)12-8-25-7-6-21-14(25)13(23-12)10-2-4-11(5-3-10)16(17,18)19/h2-8,26H,9H2,1H3/t15-/m0/s1. The Hall–Kier alpha value is -3.10. The largest absolute Gasteiger partial charge is 0.416 e. The fraction of sp³-hybridized carbons (Fsp3) is 0.250. The highest BCUT2D eigenvalue weighted by atomic mass is 19.4. The smallest absolute Gasteiger partial charge is 0.384 e. The fourth-order valence-corrected chi connectivity index (χ4v) is 2.45. The van der Waals surface area contributed by atoms with Gasteiger partial charge in [0.15, 0.2) is 5.65 Å². The van der Waals surface area contributed by atoms with Gasteiger partial charge in [0.05, 0.1) is 17.8 Å². The van der Waals surface area contributed by atoms with Gasteiger partial charge in [-0.1, -0.05) is 17.2 Å². The van der Waals surface area contributed by atoms with E-state index in [1.165, 1.54) is 31.5 Å². The van der Waals surface area contributed by atoms with Crippen LogP contribution in [-0.2, 0) is 11.8 Å². The van der Waals surface area contributed by atoms with Crippen molar-refractivity contribution in [3.63, 3.8) is 0 Å². The van der Waals surface area contributed by atoms with E-state index < -0.39 is 17.3 Å². The SMILES string of the molecule is C[C@](O)(CN=[N+]=[N-])c1cn2ccnc2c(-c2ccc(C(F)(F)F)cc2)n1. The number of benzene rings is 1. The number of halogens is 3. The van der Waals surface area contributed by atoms with Crippen molar-refractivity contribution in [3.05, 3.63) is 64.6 Å². The molecule has 3 aromatic rings. The molecule has 1 N–H and O–H groups in total. The zero-order valence-corrected chi connectivity index (χ0v) is 13.5. The fourth-order valence-electron chi connectivity index (χ4n) is 2.45. The van der Waals surface area contributed by atoms with Crippen molar-refractivity contribution < 1.29 is 18.3 Å². The summed E-state index contributed by atoms with van der Waals surface area (Å²) in [6.07, 6.45) is 0.229. The van der Waals surface area contributed by atoms with Gasteiger partial charge < -0.3 is 9.51 Å². The minimum Gasteiger partial charge on any atom is -0.384 e. The molecule has 2 aromatic heterocycles. The van der Waals surface area contributed by atoms with E-state index in [2.05, 4.69) is 20.0 Å². The van der Waals surface area contributed by atoms with E-state index >= 15 is 0 Å². The average molecular weight is 362 g/mol. The van der Waals surface area contributed by atoms with Crippen LogP contribution in [0.1, 0.15) is 18.2 Å². The number of fused-ring (bicyclic) bond motifs is 1. The molecule has 0 bridgehead atoms. The van der Waals surface area contributed by atoms with Crippen molar-refractivity contribution in [2.45, 2.75) is 18.7 Å². The molecule has 0 saturated heterocycles. The molecule has 26 heavy (non-hydrogen) atoms. The number of azide groups is 1. The highest BCUT2D eigenvalue weighted by Gasteiger charge is 2.30.